The average Bonchev–Trinajstić information content (AvgIpc) is 3.46. The molecule has 2 aliphatic heterocycles. The highest BCUT2D eigenvalue weighted by molar-refractivity contribution is 6.35. The van der Waals surface area contributed by atoms with E-state index in [0.29, 0.717) is 29.6 Å². The van der Waals surface area contributed by atoms with Crippen LogP contribution in [0.5, 0.6) is 0 Å². The lowest BCUT2D eigenvalue weighted by Crippen LogP contribution is -2.59. The summed E-state index contributed by atoms with van der Waals surface area (Å²) >= 11 is 6.54. The summed E-state index contributed by atoms with van der Waals surface area (Å²) in [7, 11) is 0. The molecule has 2 fully saturated rings. The number of carbonyl (C=O) groups is 1. The fraction of sp³-hybridized carbons (Fsp3) is 0.259. The van der Waals surface area contributed by atoms with E-state index in [4.69, 9.17) is 16.6 Å². The van der Waals surface area contributed by atoms with Gasteiger partial charge >= 0.3 is 0 Å². The molecule has 0 unspecified atom stereocenters. The zero-order valence-corrected chi connectivity index (χ0v) is 20.1. The Bertz CT molecular complexity index is 1580. The van der Waals surface area contributed by atoms with Crippen molar-refractivity contribution >= 4 is 45.1 Å². The Morgan fingerprint density at radius 2 is 2.03 bits per heavy atom. The molecular formula is C27H23ClN6O. The first kappa shape index (κ1) is 21.6. The van der Waals surface area contributed by atoms with E-state index in [1.54, 1.807) is 0 Å². The van der Waals surface area contributed by atoms with E-state index in [2.05, 4.69) is 27.7 Å². The van der Waals surface area contributed by atoms with Crippen LogP contribution < -0.4 is 4.90 Å². The number of nitriles is 1. The van der Waals surface area contributed by atoms with Crippen LogP contribution in [-0.4, -0.2) is 52.2 Å². The molecule has 7 nitrogen and oxygen atoms in total. The van der Waals surface area contributed by atoms with Gasteiger partial charge < -0.3 is 9.80 Å². The Hall–Kier alpha value is -3.89. The number of benzene rings is 2. The quantitative estimate of drug-likeness (QED) is 0.422. The minimum absolute atomic E-state index is 0.0292. The van der Waals surface area contributed by atoms with Crippen molar-refractivity contribution in [2.24, 2.45) is 5.41 Å². The SMILES string of the molecule is C=CC(=O)N1CC2(CCN(c3nc4ccccc4c(-c4c(C)ccc5[nH]nc(Cl)c45)c3C#N)C2)C1. The number of amides is 1. The summed E-state index contributed by atoms with van der Waals surface area (Å²) in [5.74, 6) is 0.654. The largest absolute Gasteiger partial charge is 0.355 e. The van der Waals surface area contributed by atoms with Gasteiger partial charge in [0.1, 0.15) is 17.5 Å². The van der Waals surface area contributed by atoms with Gasteiger partial charge in [-0.1, -0.05) is 42.4 Å². The standard InChI is InChI=1S/C27H23ClN6O/c1-3-21(35)34-14-27(15-34)10-11-33(13-27)26-18(12-29)23(17-6-4-5-7-19(17)30-26)22-16(2)8-9-20-24(22)25(28)32-31-20/h3-9H,1,10-11,13-15H2,2H3,(H,31,32). The Balaban J connectivity index is 1.53. The van der Waals surface area contributed by atoms with Crippen LogP contribution in [0.4, 0.5) is 5.82 Å². The van der Waals surface area contributed by atoms with E-state index in [0.717, 1.165) is 58.0 Å². The second-order valence-electron chi connectivity index (χ2n) is 9.58. The summed E-state index contributed by atoms with van der Waals surface area (Å²) in [5, 5.41) is 19.8. The molecule has 4 aromatic rings. The second kappa shape index (κ2) is 7.82. The van der Waals surface area contributed by atoms with Crippen LogP contribution in [0.2, 0.25) is 5.15 Å². The molecule has 0 aliphatic carbocycles. The molecule has 1 amide bonds. The number of aromatic amines is 1. The van der Waals surface area contributed by atoms with Crippen LogP contribution >= 0.6 is 11.6 Å². The van der Waals surface area contributed by atoms with Gasteiger partial charge in [0.25, 0.3) is 0 Å². The molecule has 2 aromatic heterocycles. The van der Waals surface area contributed by atoms with Gasteiger partial charge in [0, 0.05) is 47.9 Å². The predicted molar refractivity (Wildman–Crippen MR) is 137 cm³/mol. The minimum atomic E-state index is -0.0292. The molecule has 1 N–H and O–H groups in total. The number of hydrogen-bond donors (Lipinski definition) is 1. The first-order valence-electron chi connectivity index (χ1n) is 11.6. The number of hydrogen-bond acceptors (Lipinski definition) is 5. The molecule has 0 saturated carbocycles. The molecule has 2 aromatic carbocycles. The third kappa shape index (κ3) is 3.21. The lowest BCUT2D eigenvalue weighted by atomic mass is 9.79. The zero-order valence-electron chi connectivity index (χ0n) is 19.3. The van der Waals surface area contributed by atoms with Crippen LogP contribution in [0.1, 0.15) is 17.5 Å². The minimum Gasteiger partial charge on any atom is -0.355 e. The van der Waals surface area contributed by atoms with Gasteiger partial charge in [-0.05, 0) is 42.7 Å². The van der Waals surface area contributed by atoms with Crippen molar-refractivity contribution in [3.63, 3.8) is 0 Å². The van der Waals surface area contributed by atoms with Crippen molar-refractivity contribution in [1.29, 1.82) is 5.26 Å². The van der Waals surface area contributed by atoms with Gasteiger partial charge in [0.2, 0.25) is 5.91 Å². The molecule has 1 spiro atoms. The van der Waals surface area contributed by atoms with Gasteiger partial charge in [-0.25, -0.2) is 4.98 Å². The first-order chi connectivity index (χ1) is 16.9. The average molecular weight is 483 g/mol. The maximum atomic E-state index is 12.0. The summed E-state index contributed by atoms with van der Waals surface area (Å²) in [6, 6.07) is 14.4. The van der Waals surface area contributed by atoms with Crippen molar-refractivity contribution in [2.75, 3.05) is 31.1 Å². The Labute approximate surface area is 207 Å². The van der Waals surface area contributed by atoms with Crippen molar-refractivity contribution < 1.29 is 4.79 Å². The number of anilines is 1. The van der Waals surface area contributed by atoms with E-state index in [1.165, 1.54) is 6.08 Å². The lowest BCUT2D eigenvalue weighted by molar-refractivity contribution is -0.136. The van der Waals surface area contributed by atoms with E-state index in [1.807, 2.05) is 48.2 Å². The van der Waals surface area contributed by atoms with Crippen LogP contribution in [-0.2, 0) is 4.79 Å². The number of H-pyrrole nitrogens is 1. The van der Waals surface area contributed by atoms with Gasteiger partial charge in [0.05, 0.1) is 11.0 Å². The Morgan fingerprint density at radius 3 is 2.80 bits per heavy atom. The van der Waals surface area contributed by atoms with Gasteiger partial charge in [-0.2, -0.15) is 10.4 Å². The molecular weight excluding hydrogens is 460 g/mol. The highest BCUT2D eigenvalue weighted by Gasteiger charge is 2.49. The number of likely N-dealkylation sites (tertiary alicyclic amines) is 1. The van der Waals surface area contributed by atoms with Crippen molar-refractivity contribution in [3.05, 3.63) is 65.3 Å². The molecule has 0 radical (unpaired) electrons. The number of aryl methyl sites for hydroxylation is 1. The van der Waals surface area contributed by atoms with E-state index in [9.17, 15) is 10.1 Å². The van der Waals surface area contributed by atoms with Crippen molar-refractivity contribution in [1.82, 2.24) is 20.1 Å². The number of nitrogens with zero attached hydrogens (tertiary/aromatic N) is 5. The summed E-state index contributed by atoms with van der Waals surface area (Å²) in [6.07, 6.45) is 2.32. The lowest BCUT2D eigenvalue weighted by Gasteiger charge is -2.47. The number of rotatable bonds is 3. The third-order valence-corrected chi connectivity index (χ3v) is 7.68. The van der Waals surface area contributed by atoms with Crippen LogP contribution in [0.25, 0.3) is 32.9 Å². The summed E-state index contributed by atoms with van der Waals surface area (Å²) in [4.78, 5) is 21.0. The number of fused-ring (bicyclic) bond motifs is 2. The molecule has 0 atom stereocenters. The monoisotopic (exact) mass is 482 g/mol. The second-order valence-corrected chi connectivity index (χ2v) is 9.94. The molecule has 0 bridgehead atoms. The maximum Gasteiger partial charge on any atom is 0.245 e. The number of carbonyl (C=O) groups excluding carboxylic acids is 1. The first-order valence-corrected chi connectivity index (χ1v) is 12.0. The van der Waals surface area contributed by atoms with Gasteiger partial charge in [-0.15, -0.1) is 0 Å². The molecule has 4 heterocycles. The van der Waals surface area contributed by atoms with E-state index >= 15 is 0 Å². The molecule has 2 saturated heterocycles. The zero-order chi connectivity index (χ0) is 24.3. The van der Waals surface area contributed by atoms with Gasteiger partial charge in [-0.3, -0.25) is 9.89 Å². The number of pyridine rings is 1. The molecule has 6 rings (SSSR count). The smallest absolute Gasteiger partial charge is 0.245 e. The highest BCUT2D eigenvalue weighted by Crippen LogP contribution is 2.46. The van der Waals surface area contributed by atoms with Crippen LogP contribution in [0, 0.1) is 23.7 Å². The Morgan fingerprint density at radius 1 is 1.23 bits per heavy atom. The van der Waals surface area contributed by atoms with Crippen LogP contribution in [0.15, 0.2) is 49.1 Å². The predicted octanol–water partition coefficient (Wildman–Crippen LogP) is 4.84. The maximum absolute atomic E-state index is 12.0. The third-order valence-electron chi connectivity index (χ3n) is 7.41. The number of aromatic nitrogens is 3. The van der Waals surface area contributed by atoms with E-state index < -0.39 is 0 Å². The molecule has 2 aliphatic rings. The van der Waals surface area contributed by atoms with Crippen molar-refractivity contribution in [3.8, 4) is 17.2 Å². The Kier molecular flexibility index (Phi) is 4.83. The fourth-order valence-electron chi connectivity index (χ4n) is 5.72. The summed E-state index contributed by atoms with van der Waals surface area (Å²) in [5.41, 5.74) is 4.95. The topological polar surface area (TPSA) is 88.9 Å². The van der Waals surface area contributed by atoms with Crippen molar-refractivity contribution in [2.45, 2.75) is 13.3 Å². The van der Waals surface area contributed by atoms with Crippen LogP contribution in [0.3, 0.4) is 0 Å². The number of para-hydroxylation sites is 1. The van der Waals surface area contributed by atoms with E-state index in [-0.39, 0.29) is 11.3 Å². The molecule has 174 valence electrons. The number of halogens is 1. The van der Waals surface area contributed by atoms with Gasteiger partial charge in [0.15, 0.2) is 5.15 Å². The fourth-order valence-corrected chi connectivity index (χ4v) is 5.96. The molecule has 8 heteroatoms. The normalized spacial score (nSPS) is 16.6. The number of nitrogens with one attached hydrogen (secondary N) is 1. The molecule has 35 heavy (non-hydrogen) atoms. The summed E-state index contributed by atoms with van der Waals surface area (Å²) < 4.78 is 0. The summed E-state index contributed by atoms with van der Waals surface area (Å²) in [6.45, 7) is 8.58. The highest BCUT2D eigenvalue weighted by atomic mass is 35.5.